The number of benzene rings is 2. The van der Waals surface area contributed by atoms with Crippen LogP contribution in [0, 0.1) is 0 Å². The summed E-state index contributed by atoms with van der Waals surface area (Å²) in [6.45, 7) is 1.17. The van der Waals surface area contributed by atoms with Crippen molar-refractivity contribution in [1.82, 2.24) is 34.2 Å². The van der Waals surface area contributed by atoms with Crippen molar-refractivity contribution < 1.29 is 19.8 Å². The molecule has 2 fully saturated rings. The van der Waals surface area contributed by atoms with Crippen LogP contribution in [0.3, 0.4) is 0 Å². The van der Waals surface area contributed by atoms with E-state index in [1.54, 1.807) is 35.4 Å². The van der Waals surface area contributed by atoms with Gasteiger partial charge in [0.15, 0.2) is 17.0 Å². The van der Waals surface area contributed by atoms with Crippen LogP contribution in [0.15, 0.2) is 91.5 Å². The molecule has 0 spiro atoms. The monoisotopic (exact) mass is 725 g/mol. The molecule has 4 heterocycles. The third kappa shape index (κ3) is 7.34. The standard InChI is InChI=1S/C36H40ClN11O4/c37-48(29(49)17-38)28-16-27(31(50)32(28)51)47-21-41-30-33(40-19-26(22-8-3-1-4-9-22)23-10-5-2-6-11-23)44-35(45-34(30)47)46-15-13-25(20-46)43-36(52)42-24-12-7-14-39-18-24/h1-12,14,18,21,25-28,31-32,50-51H,13,15-17,19-20,38H2,(H,40,44,45)(H2,42,43,52)/t25-,27-,28+,31+,32-/m1/s1. The summed E-state index contributed by atoms with van der Waals surface area (Å²) in [6.07, 6.45) is 2.96. The fourth-order valence-corrected chi connectivity index (χ4v) is 7.28. The molecule has 0 bridgehead atoms. The number of carbonyl (C=O) groups is 2. The Kier molecular flexibility index (Phi) is 10.4. The molecule has 52 heavy (non-hydrogen) atoms. The van der Waals surface area contributed by atoms with Crippen molar-refractivity contribution in [3.05, 3.63) is 103 Å². The van der Waals surface area contributed by atoms with Gasteiger partial charge in [0.2, 0.25) is 5.95 Å². The number of nitrogens with one attached hydrogen (secondary N) is 3. The Morgan fingerprint density at radius 2 is 1.73 bits per heavy atom. The van der Waals surface area contributed by atoms with Gasteiger partial charge >= 0.3 is 6.03 Å². The van der Waals surface area contributed by atoms with E-state index in [2.05, 4.69) is 50.2 Å². The Bertz CT molecular complexity index is 1950. The van der Waals surface area contributed by atoms with E-state index in [0.717, 1.165) is 15.5 Å². The first-order chi connectivity index (χ1) is 25.3. The van der Waals surface area contributed by atoms with Crippen LogP contribution in [-0.2, 0) is 4.79 Å². The normalized spacial score (nSPS) is 21.4. The zero-order valence-electron chi connectivity index (χ0n) is 28.2. The fourth-order valence-electron chi connectivity index (χ4n) is 7.02. The highest BCUT2D eigenvalue weighted by Crippen LogP contribution is 2.38. The van der Waals surface area contributed by atoms with E-state index >= 15 is 0 Å². The van der Waals surface area contributed by atoms with E-state index in [1.807, 2.05) is 41.3 Å². The predicted octanol–water partition coefficient (Wildman–Crippen LogP) is 2.84. The lowest BCUT2D eigenvalue weighted by atomic mass is 9.91. The van der Waals surface area contributed by atoms with Crippen molar-refractivity contribution in [2.45, 2.75) is 49.1 Å². The van der Waals surface area contributed by atoms with E-state index in [4.69, 9.17) is 27.5 Å². The Balaban J connectivity index is 1.19. The minimum Gasteiger partial charge on any atom is -0.388 e. The van der Waals surface area contributed by atoms with Gasteiger partial charge in [-0.1, -0.05) is 60.7 Å². The second-order valence-electron chi connectivity index (χ2n) is 13.0. The number of hydrogen-bond donors (Lipinski definition) is 6. The van der Waals surface area contributed by atoms with Crippen LogP contribution in [0.4, 0.5) is 22.2 Å². The molecular formula is C36H40ClN11O4. The minimum absolute atomic E-state index is 0.0148. The van der Waals surface area contributed by atoms with Gasteiger partial charge in [-0.25, -0.2) is 14.2 Å². The lowest BCUT2D eigenvalue weighted by Gasteiger charge is -2.23. The van der Waals surface area contributed by atoms with Gasteiger partial charge in [0.05, 0.1) is 36.8 Å². The van der Waals surface area contributed by atoms with Crippen LogP contribution >= 0.6 is 11.8 Å². The molecule has 7 rings (SSSR count). The highest BCUT2D eigenvalue weighted by Gasteiger charge is 2.47. The number of aromatic nitrogens is 5. The van der Waals surface area contributed by atoms with Gasteiger partial charge in [-0.2, -0.15) is 9.97 Å². The smallest absolute Gasteiger partial charge is 0.319 e. The Labute approximate surface area is 305 Å². The average Bonchev–Trinajstić information content (AvgIpc) is 3.89. The first kappa shape index (κ1) is 35.1. The van der Waals surface area contributed by atoms with E-state index < -0.39 is 30.2 Å². The number of nitrogens with two attached hydrogens (primary N) is 1. The van der Waals surface area contributed by atoms with Crippen LogP contribution in [0.1, 0.15) is 35.9 Å². The second kappa shape index (κ2) is 15.5. The Morgan fingerprint density at radius 1 is 1.00 bits per heavy atom. The number of rotatable bonds is 11. The predicted molar refractivity (Wildman–Crippen MR) is 197 cm³/mol. The third-order valence-corrected chi connectivity index (χ3v) is 10.1. The van der Waals surface area contributed by atoms with Gasteiger partial charge < -0.3 is 41.4 Å². The number of aliphatic hydroxyl groups is 2. The molecule has 3 amide bonds. The lowest BCUT2D eigenvalue weighted by molar-refractivity contribution is -0.128. The highest BCUT2D eigenvalue weighted by molar-refractivity contribution is 6.21. The molecule has 2 aliphatic rings. The maximum Gasteiger partial charge on any atom is 0.319 e. The zero-order valence-corrected chi connectivity index (χ0v) is 28.9. The van der Waals surface area contributed by atoms with Gasteiger partial charge in [-0.05, 0) is 36.1 Å². The summed E-state index contributed by atoms with van der Waals surface area (Å²) in [5, 5.41) is 31.6. The number of amides is 3. The van der Waals surface area contributed by atoms with E-state index in [0.29, 0.717) is 54.7 Å². The minimum atomic E-state index is -1.32. The van der Waals surface area contributed by atoms with Gasteiger partial charge in [-0.3, -0.25) is 9.78 Å². The highest BCUT2D eigenvalue weighted by atomic mass is 35.5. The van der Waals surface area contributed by atoms with Gasteiger partial charge in [-0.15, -0.1) is 0 Å². The number of carbonyl (C=O) groups excluding carboxylic acids is 2. The Hall–Kier alpha value is -5.35. The van der Waals surface area contributed by atoms with Crippen LogP contribution in [0.5, 0.6) is 0 Å². The molecule has 1 saturated carbocycles. The molecular weight excluding hydrogens is 686 g/mol. The first-order valence-corrected chi connectivity index (χ1v) is 17.5. The number of pyridine rings is 1. The van der Waals surface area contributed by atoms with Crippen molar-refractivity contribution in [3.8, 4) is 0 Å². The Morgan fingerprint density at radius 3 is 2.40 bits per heavy atom. The van der Waals surface area contributed by atoms with Crippen LogP contribution in [0.25, 0.3) is 11.2 Å². The molecule has 16 heteroatoms. The summed E-state index contributed by atoms with van der Waals surface area (Å²) < 4.78 is 2.58. The maximum absolute atomic E-state index is 12.8. The van der Waals surface area contributed by atoms with Crippen molar-refractivity contribution in [1.29, 1.82) is 0 Å². The van der Waals surface area contributed by atoms with Crippen molar-refractivity contribution in [3.63, 3.8) is 0 Å². The van der Waals surface area contributed by atoms with Crippen molar-refractivity contribution in [2.24, 2.45) is 5.73 Å². The number of fused-ring (bicyclic) bond motifs is 1. The van der Waals surface area contributed by atoms with Crippen LogP contribution in [-0.4, -0.2) is 102 Å². The summed E-state index contributed by atoms with van der Waals surface area (Å²) in [4.78, 5) is 45.7. The summed E-state index contributed by atoms with van der Waals surface area (Å²) in [6, 6.07) is 21.8. The summed E-state index contributed by atoms with van der Waals surface area (Å²) in [5.41, 5.74) is 9.26. The first-order valence-electron chi connectivity index (χ1n) is 17.2. The van der Waals surface area contributed by atoms with Crippen molar-refractivity contribution in [2.75, 3.05) is 41.7 Å². The van der Waals surface area contributed by atoms with Crippen molar-refractivity contribution >= 4 is 52.3 Å². The second-order valence-corrected chi connectivity index (χ2v) is 13.3. The molecule has 1 aliphatic carbocycles. The summed E-state index contributed by atoms with van der Waals surface area (Å²) in [5.74, 6) is 0.316. The van der Waals surface area contributed by atoms with Gasteiger partial charge in [0, 0.05) is 49.6 Å². The molecule has 2 aromatic carbocycles. The number of urea groups is 1. The molecule has 0 radical (unpaired) electrons. The fraction of sp³-hybridized carbons (Fsp3) is 0.333. The topological polar surface area (TPSA) is 200 Å². The molecule has 1 aliphatic heterocycles. The molecule has 270 valence electrons. The summed E-state index contributed by atoms with van der Waals surface area (Å²) >= 11 is 6.27. The van der Waals surface area contributed by atoms with E-state index in [9.17, 15) is 19.8 Å². The lowest BCUT2D eigenvalue weighted by Crippen LogP contribution is -2.43. The van der Waals surface area contributed by atoms with Crippen LogP contribution in [0.2, 0.25) is 0 Å². The molecule has 5 aromatic rings. The molecule has 3 aromatic heterocycles. The average molecular weight is 726 g/mol. The number of halogens is 1. The number of imidazole rings is 1. The summed E-state index contributed by atoms with van der Waals surface area (Å²) in [7, 11) is 0. The molecule has 5 atom stereocenters. The molecule has 0 unspecified atom stereocenters. The van der Waals surface area contributed by atoms with Gasteiger partial charge in [0.25, 0.3) is 5.91 Å². The SMILES string of the molecule is NCC(=O)N(Cl)[C@H]1C[C@@H](n2cnc3c(NCC(c4ccccc4)c4ccccc4)nc(N4CC[C@@H](NC(=O)Nc5cccnc5)C4)nc32)[C@H](O)[C@@H]1O. The number of anilines is 3. The maximum atomic E-state index is 12.8. The van der Waals surface area contributed by atoms with Gasteiger partial charge in [0.1, 0.15) is 12.2 Å². The number of aliphatic hydroxyl groups excluding tert-OH is 2. The third-order valence-electron chi connectivity index (χ3n) is 9.70. The largest absolute Gasteiger partial charge is 0.388 e. The van der Waals surface area contributed by atoms with Crippen LogP contribution < -0.4 is 26.6 Å². The zero-order chi connectivity index (χ0) is 36.2. The number of nitrogens with zero attached hydrogens (tertiary/aromatic N) is 7. The molecule has 7 N–H and O–H groups in total. The van der Waals surface area contributed by atoms with E-state index in [1.165, 1.54) is 0 Å². The quantitative estimate of drug-likeness (QED) is 0.109. The molecule has 15 nitrogen and oxygen atoms in total. The van der Waals surface area contributed by atoms with E-state index in [-0.39, 0.29) is 31.0 Å². The molecule has 1 saturated heterocycles. The number of hydrogen-bond acceptors (Lipinski definition) is 11.